The van der Waals surface area contributed by atoms with Crippen LogP contribution in [0.4, 0.5) is 26.9 Å². The van der Waals surface area contributed by atoms with Gasteiger partial charge in [-0.2, -0.15) is 4.98 Å². The largest absolute Gasteiger partial charge is 0.450 e. The fraction of sp³-hybridized carbons (Fsp3) is 0.500. The van der Waals surface area contributed by atoms with E-state index in [2.05, 4.69) is 52.1 Å². The van der Waals surface area contributed by atoms with E-state index < -0.39 is 0 Å². The average molecular weight is 1120 g/mol. The first-order valence-electron chi connectivity index (χ1n) is 29.5. The third kappa shape index (κ3) is 15.4. The van der Waals surface area contributed by atoms with E-state index >= 15 is 0 Å². The number of anilines is 3. The van der Waals surface area contributed by atoms with E-state index in [1.54, 1.807) is 39.6 Å². The van der Waals surface area contributed by atoms with Crippen LogP contribution in [0, 0.1) is 10.8 Å². The van der Waals surface area contributed by atoms with Gasteiger partial charge in [0.05, 0.1) is 13.2 Å². The molecule has 1 aliphatic carbocycles. The Balaban J connectivity index is 0.000000178. The number of carbonyl (C=O) groups is 4. The third-order valence-electron chi connectivity index (χ3n) is 16.1. The number of fused-ring (bicyclic) bond motifs is 1. The van der Waals surface area contributed by atoms with Gasteiger partial charge in [-0.15, -0.1) is 5.10 Å². The Labute approximate surface area is 483 Å². The topological polar surface area (TPSA) is 229 Å². The van der Waals surface area contributed by atoms with Crippen molar-refractivity contribution in [2.75, 3.05) is 116 Å². The number of benzene rings is 2. The van der Waals surface area contributed by atoms with Crippen molar-refractivity contribution in [1.29, 1.82) is 5.41 Å². The molecule has 1 spiro atoms. The number of piperidine rings is 2. The second-order valence-corrected chi connectivity index (χ2v) is 22.2. The molecule has 1 saturated carbocycles. The number of hydrogen-bond donors (Lipinski definition) is 4. The Hall–Kier alpha value is -7.71. The van der Waals surface area contributed by atoms with Gasteiger partial charge in [-0.3, -0.25) is 24.6 Å². The number of hydrogen-bond acceptors (Lipinski definition) is 14. The van der Waals surface area contributed by atoms with Crippen molar-refractivity contribution in [3.8, 4) is 0 Å². The van der Waals surface area contributed by atoms with Crippen LogP contribution in [0.5, 0.6) is 0 Å². The molecule has 11 rings (SSSR count). The average Bonchev–Trinajstić information content (AvgIpc) is 3.89. The molecule has 6 N–H and O–H groups in total. The van der Waals surface area contributed by atoms with E-state index in [-0.39, 0.29) is 34.9 Å². The first kappa shape index (κ1) is 60.4. The second kappa shape index (κ2) is 28.8. The number of nitrogens with two attached hydrogens (primary N) is 2. The summed E-state index contributed by atoms with van der Waals surface area (Å²) < 4.78 is 13.1. The predicted molar refractivity (Wildman–Crippen MR) is 322 cm³/mol. The van der Waals surface area contributed by atoms with Crippen molar-refractivity contribution >= 4 is 58.1 Å². The van der Waals surface area contributed by atoms with Gasteiger partial charge < -0.3 is 50.9 Å². The number of nitrogen functional groups attached to an aromatic ring is 2. The molecule has 8 heterocycles. The summed E-state index contributed by atoms with van der Waals surface area (Å²) in [7, 11) is 2.19. The molecule has 1 atom stereocenters. The number of likely N-dealkylation sites (tertiary alicyclic amines) is 2. The second-order valence-electron chi connectivity index (χ2n) is 22.2. The van der Waals surface area contributed by atoms with Gasteiger partial charge in [0.2, 0.25) is 5.95 Å². The molecule has 1 unspecified atom stereocenters. The van der Waals surface area contributed by atoms with E-state index in [9.17, 15) is 19.2 Å². The number of rotatable bonds is 9. The zero-order valence-corrected chi connectivity index (χ0v) is 48.9. The molecular formula is C62H86N14O6. The Morgan fingerprint density at radius 1 is 0.671 bits per heavy atom. The Bertz CT molecular complexity index is 3070. The summed E-state index contributed by atoms with van der Waals surface area (Å²) in [6.07, 6.45) is 18.4. The molecule has 3 saturated heterocycles. The lowest BCUT2D eigenvalue weighted by atomic mass is 9.74. The van der Waals surface area contributed by atoms with Crippen molar-refractivity contribution in [1.82, 2.24) is 48.7 Å². The summed E-state index contributed by atoms with van der Waals surface area (Å²) >= 11 is 0. The van der Waals surface area contributed by atoms with Crippen LogP contribution in [0.25, 0.3) is 16.8 Å². The fourth-order valence-corrected chi connectivity index (χ4v) is 11.6. The molecule has 6 aliphatic rings. The number of amides is 4. The summed E-state index contributed by atoms with van der Waals surface area (Å²) in [6, 6.07) is 23.3. The van der Waals surface area contributed by atoms with Gasteiger partial charge in [0, 0.05) is 129 Å². The summed E-state index contributed by atoms with van der Waals surface area (Å²) in [5.74, 6) is 6.39. The Morgan fingerprint density at radius 2 is 1.23 bits per heavy atom. The fourth-order valence-electron chi connectivity index (χ4n) is 11.6. The number of aromatic nitrogens is 4. The lowest BCUT2D eigenvalue weighted by molar-refractivity contribution is 0.0206. The van der Waals surface area contributed by atoms with Gasteiger partial charge in [0.1, 0.15) is 0 Å². The summed E-state index contributed by atoms with van der Waals surface area (Å²) in [5, 5.41) is 15.8. The number of piperazine rings is 1. The maximum atomic E-state index is 13.4. The summed E-state index contributed by atoms with van der Waals surface area (Å²) in [6.45, 7) is 18.5. The minimum atomic E-state index is -0.286. The molecule has 5 aromatic rings. The minimum Gasteiger partial charge on any atom is -0.450 e. The molecule has 0 bridgehead atoms. The van der Waals surface area contributed by atoms with Crippen LogP contribution in [0.3, 0.4) is 0 Å². The van der Waals surface area contributed by atoms with Crippen LogP contribution >= 0.6 is 0 Å². The van der Waals surface area contributed by atoms with Crippen molar-refractivity contribution in [2.24, 2.45) is 5.41 Å². The number of carbonyl (C=O) groups excluding carboxylic acids is 4. The number of nitrogens with zero attached hydrogens (tertiary/aromatic N) is 10. The maximum Gasteiger partial charge on any atom is 0.410 e. The van der Waals surface area contributed by atoms with Crippen LogP contribution in [0.15, 0.2) is 97.3 Å². The highest BCUT2D eigenvalue weighted by Gasteiger charge is 2.40. The quantitative estimate of drug-likeness (QED) is 0.0802. The van der Waals surface area contributed by atoms with Crippen molar-refractivity contribution in [2.45, 2.75) is 97.9 Å². The lowest BCUT2D eigenvalue weighted by Gasteiger charge is -2.47. The minimum absolute atomic E-state index is 0.113. The van der Waals surface area contributed by atoms with E-state index in [1.165, 1.54) is 49.6 Å². The molecular weight excluding hydrogens is 1040 g/mol. The van der Waals surface area contributed by atoms with Gasteiger partial charge in [0.15, 0.2) is 11.1 Å². The van der Waals surface area contributed by atoms with Crippen molar-refractivity contribution in [3.63, 3.8) is 0 Å². The molecule has 4 fully saturated rings. The van der Waals surface area contributed by atoms with Gasteiger partial charge >= 0.3 is 12.2 Å². The monoisotopic (exact) mass is 1120 g/mol. The zero-order chi connectivity index (χ0) is 58.2. The van der Waals surface area contributed by atoms with Gasteiger partial charge in [0.25, 0.3) is 11.8 Å². The molecule has 0 radical (unpaired) electrons. The first-order chi connectivity index (χ1) is 39.7. The maximum absolute atomic E-state index is 13.4. The highest BCUT2D eigenvalue weighted by Crippen LogP contribution is 2.39. The van der Waals surface area contributed by atoms with Crippen LogP contribution in [-0.4, -0.2) is 178 Å². The molecule has 2 aromatic carbocycles. The molecule has 20 nitrogen and oxygen atoms in total. The molecule has 82 heavy (non-hydrogen) atoms. The van der Waals surface area contributed by atoms with Crippen molar-refractivity contribution in [3.05, 3.63) is 125 Å². The van der Waals surface area contributed by atoms with E-state index in [0.717, 1.165) is 110 Å². The van der Waals surface area contributed by atoms with E-state index in [0.29, 0.717) is 63.0 Å². The summed E-state index contributed by atoms with van der Waals surface area (Å²) in [4.78, 5) is 66.5. The SMILES string of the molecule is CCC.CCOC(=O)N1CC=C(c2cccn(N)c2=N)CC1.CCOC(=O)N1CC=C(c2cccn3nc(Nc4ccc(C(=O)N5CCCC6(CCCN(C)C6)C5)cc4)nc23)CC1.Nc1ccc(C(=O)N2CCN(C3CCC3)CC2)cc1. The van der Waals surface area contributed by atoms with Gasteiger partial charge in [-0.25, -0.2) is 14.1 Å². The smallest absolute Gasteiger partial charge is 0.410 e. The number of nitrogens with one attached hydrogen (secondary N) is 2. The van der Waals surface area contributed by atoms with Crippen LogP contribution in [0.2, 0.25) is 0 Å². The molecule has 5 aliphatic heterocycles. The van der Waals surface area contributed by atoms with Crippen LogP contribution in [0.1, 0.15) is 124 Å². The molecule has 4 amide bonds. The molecule has 440 valence electrons. The number of ether oxygens (including phenoxy) is 2. The lowest BCUT2D eigenvalue weighted by Crippen LogP contribution is -2.53. The third-order valence-corrected chi connectivity index (χ3v) is 16.1. The number of pyridine rings is 2. The standard InChI is InChI=1S/C31H39N7O3.C15H21N3O.C13H18N4O2.C3H8/c1-3-41-30(40)36-19-12-23(13-20-36)26-7-4-18-38-27(26)33-29(34-38)32-25-10-8-24(9-11-25)28(39)37-17-6-15-31(22-37)14-5-16-35(2)21-31;16-13-6-4-12(5-7-13)15(19)18-10-8-17(9-11-18)14-2-1-3-14;1-2-19-13(18)16-8-5-10(6-9-16)11-4-3-7-17(15)12(11)14;1-3-2/h4,7-12,18H,3,5-6,13-17,19-22H2,1-2H3,(H,32,34);4-7,14H,1-3,8-11,16H2;3-5,7,14H,2,6,8-9,15H2,1H3;3H2,1-2H3. The van der Waals surface area contributed by atoms with Gasteiger partial charge in [-0.05, 0) is 163 Å². The predicted octanol–water partition coefficient (Wildman–Crippen LogP) is 8.59. The Morgan fingerprint density at radius 3 is 1.79 bits per heavy atom. The van der Waals surface area contributed by atoms with Crippen molar-refractivity contribution < 1.29 is 28.7 Å². The Kier molecular flexibility index (Phi) is 21.2. The zero-order valence-electron chi connectivity index (χ0n) is 48.9. The van der Waals surface area contributed by atoms with E-state index in [4.69, 9.17) is 31.4 Å². The highest BCUT2D eigenvalue weighted by atomic mass is 16.6. The highest BCUT2D eigenvalue weighted by molar-refractivity contribution is 5.95. The summed E-state index contributed by atoms with van der Waals surface area (Å²) in [5.41, 5.74) is 13.9. The molecule has 20 heteroatoms. The van der Waals surface area contributed by atoms with Crippen LogP contribution < -0.4 is 22.4 Å². The first-order valence-corrected chi connectivity index (χ1v) is 29.5. The van der Waals surface area contributed by atoms with E-state index in [1.807, 2.05) is 84.8 Å². The van der Waals surface area contributed by atoms with Crippen LogP contribution in [-0.2, 0) is 9.47 Å². The normalized spacial score (nSPS) is 19.4. The van der Waals surface area contributed by atoms with Gasteiger partial charge in [-0.1, -0.05) is 38.8 Å². The molecule has 3 aromatic heterocycles.